The van der Waals surface area contributed by atoms with E-state index < -0.39 is 8.07 Å². The minimum atomic E-state index is -1.21. The Bertz CT molecular complexity index is 935. The second kappa shape index (κ2) is 6.07. The number of hydrogen-bond acceptors (Lipinski definition) is 0. The van der Waals surface area contributed by atoms with Crippen molar-refractivity contribution in [3.8, 4) is 0 Å². The summed E-state index contributed by atoms with van der Waals surface area (Å²) in [6, 6.07) is 17.8. The van der Waals surface area contributed by atoms with Gasteiger partial charge in [0.2, 0.25) is 0 Å². The van der Waals surface area contributed by atoms with Crippen LogP contribution in [0.4, 0.5) is 0 Å². The largest absolute Gasteiger partial charge is 0.126 e. The molecule has 0 amide bonds. The van der Waals surface area contributed by atoms with Gasteiger partial charge in [0.1, 0.15) is 0 Å². The van der Waals surface area contributed by atoms with Gasteiger partial charge in [-0.05, 0) is 6.42 Å². The molecule has 0 N–H and O–H groups in total. The average Bonchev–Trinajstić information content (AvgIpc) is 3.11. The van der Waals surface area contributed by atoms with E-state index in [9.17, 15) is 0 Å². The molecule has 1 aliphatic carbocycles. The molecule has 0 saturated carbocycles. The SMILES string of the molecule is C[Si](C)(C)C1=CCC(c2cccc3c2[cH-]c2ccccc23)=C1.[Zr]. The third kappa shape index (κ3) is 2.88. The fraction of sp³-hybridized carbons (Fsp3) is 0.190. The third-order valence-electron chi connectivity index (χ3n) is 4.74. The minimum Gasteiger partial charge on any atom is -0.126 e. The van der Waals surface area contributed by atoms with Gasteiger partial charge in [-0.2, -0.15) is 0 Å². The Balaban J connectivity index is 0.00000156. The summed E-state index contributed by atoms with van der Waals surface area (Å²) in [7, 11) is -1.21. The van der Waals surface area contributed by atoms with E-state index in [1.54, 1.807) is 5.20 Å². The third-order valence-corrected chi connectivity index (χ3v) is 6.82. The second-order valence-corrected chi connectivity index (χ2v) is 12.4. The minimum absolute atomic E-state index is 0. The summed E-state index contributed by atoms with van der Waals surface area (Å²) in [5.41, 5.74) is 2.90. The monoisotopic (exact) mass is 391 g/mol. The maximum atomic E-state index is 2.46. The van der Waals surface area contributed by atoms with Crippen LogP contribution in [0.25, 0.3) is 27.1 Å². The van der Waals surface area contributed by atoms with Crippen LogP contribution in [0, 0.1) is 0 Å². The van der Waals surface area contributed by atoms with Crippen molar-refractivity contribution < 1.29 is 26.2 Å². The fourth-order valence-electron chi connectivity index (χ4n) is 3.50. The van der Waals surface area contributed by atoms with E-state index in [2.05, 4.69) is 80.3 Å². The Kier molecular flexibility index (Phi) is 4.42. The van der Waals surface area contributed by atoms with Crippen molar-refractivity contribution >= 4 is 35.2 Å². The van der Waals surface area contributed by atoms with Crippen LogP contribution in [0.3, 0.4) is 0 Å². The number of allylic oxidation sites excluding steroid dienone is 4. The average molecular weight is 393 g/mol. The molecule has 0 saturated heterocycles. The van der Waals surface area contributed by atoms with Crippen molar-refractivity contribution in [1.29, 1.82) is 0 Å². The molecule has 0 aliphatic heterocycles. The molecule has 0 heterocycles. The topological polar surface area (TPSA) is 0 Å². The van der Waals surface area contributed by atoms with Crippen molar-refractivity contribution in [3.63, 3.8) is 0 Å². The zero-order valence-corrected chi connectivity index (χ0v) is 17.4. The maximum absolute atomic E-state index is 2.46. The molecular formula is C21H21SiZr-. The molecule has 0 atom stereocenters. The van der Waals surface area contributed by atoms with Crippen LogP contribution in [0.2, 0.25) is 19.6 Å². The molecule has 0 unspecified atom stereocenters. The van der Waals surface area contributed by atoms with Crippen LogP contribution in [-0.2, 0) is 26.2 Å². The zero-order chi connectivity index (χ0) is 15.3. The standard InChI is InChI=1S/C21H21Si.Zr/c1-22(2,3)17-12-11-16(13-17)19-9-6-10-20-18-8-5-4-7-15(18)14-21(19)20;/h4-10,12-14H,11H2,1-3H3;/q-1;. The summed E-state index contributed by atoms with van der Waals surface area (Å²) in [6.45, 7) is 7.28. The van der Waals surface area contributed by atoms with Gasteiger partial charge in [0.15, 0.2) is 0 Å². The predicted octanol–water partition coefficient (Wildman–Crippen LogP) is 6.30. The molecule has 2 heteroatoms. The van der Waals surface area contributed by atoms with Crippen LogP contribution >= 0.6 is 0 Å². The molecule has 0 spiro atoms. The quantitative estimate of drug-likeness (QED) is 0.354. The van der Waals surface area contributed by atoms with Gasteiger partial charge in [-0.3, -0.25) is 0 Å². The summed E-state index contributed by atoms with van der Waals surface area (Å²) in [6.07, 6.45) is 5.99. The molecule has 4 rings (SSSR count). The predicted molar refractivity (Wildman–Crippen MR) is 101 cm³/mol. The summed E-state index contributed by atoms with van der Waals surface area (Å²) >= 11 is 0. The van der Waals surface area contributed by atoms with Gasteiger partial charge in [-0.1, -0.05) is 84.5 Å². The first-order valence-corrected chi connectivity index (χ1v) is 11.5. The Morgan fingerprint density at radius 1 is 0.913 bits per heavy atom. The molecular weight excluding hydrogens is 372 g/mol. The Morgan fingerprint density at radius 3 is 2.39 bits per heavy atom. The molecule has 114 valence electrons. The maximum Gasteiger partial charge on any atom is 0.0771 e. The summed E-state index contributed by atoms with van der Waals surface area (Å²) in [5, 5.41) is 7.10. The van der Waals surface area contributed by atoms with Crippen molar-refractivity contribution in [3.05, 3.63) is 71.4 Å². The normalized spacial score (nSPS) is 14.7. The number of rotatable bonds is 2. The van der Waals surface area contributed by atoms with Crippen molar-refractivity contribution in [2.45, 2.75) is 26.1 Å². The molecule has 0 aromatic heterocycles. The molecule has 1 aliphatic rings. The molecule has 0 nitrogen and oxygen atoms in total. The number of hydrogen-bond donors (Lipinski definition) is 0. The van der Waals surface area contributed by atoms with Gasteiger partial charge in [0, 0.05) is 26.2 Å². The molecule has 0 radical (unpaired) electrons. The van der Waals surface area contributed by atoms with Gasteiger partial charge in [0.25, 0.3) is 0 Å². The number of fused-ring (bicyclic) bond motifs is 3. The first-order chi connectivity index (χ1) is 10.5. The van der Waals surface area contributed by atoms with Gasteiger partial charge in [-0.15, -0.1) is 33.7 Å². The van der Waals surface area contributed by atoms with Gasteiger partial charge in [-0.25, -0.2) is 0 Å². The fourth-order valence-corrected chi connectivity index (χ4v) is 4.82. The van der Waals surface area contributed by atoms with Crippen molar-refractivity contribution in [1.82, 2.24) is 0 Å². The first kappa shape index (κ1) is 16.7. The van der Waals surface area contributed by atoms with E-state index in [1.165, 1.54) is 32.7 Å². The van der Waals surface area contributed by atoms with Crippen LogP contribution in [-0.4, -0.2) is 8.07 Å². The van der Waals surface area contributed by atoms with Gasteiger partial charge < -0.3 is 0 Å². The summed E-state index contributed by atoms with van der Waals surface area (Å²) in [4.78, 5) is 0. The summed E-state index contributed by atoms with van der Waals surface area (Å²) in [5.74, 6) is 0. The van der Waals surface area contributed by atoms with Gasteiger partial charge in [0.05, 0.1) is 8.07 Å². The molecule has 23 heavy (non-hydrogen) atoms. The molecule has 0 fully saturated rings. The van der Waals surface area contributed by atoms with Gasteiger partial charge >= 0.3 is 0 Å². The van der Waals surface area contributed by atoms with Crippen molar-refractivity contribution in [2.75, 3.05) is 0 Å². The van der Waals surface area contributed by atoms with Crippen LogP contribution in [0.5, 0.6) is 0 Å². The smallest absolute Gasteiger partial charge is 0.0771 e. The Morgan fingerprint density at radius 2 is 1.65 bits per heavy atom. The van der Waals surface area contributed by atoms with E-state index in [0.29, 0.717) is 0 Å². The molecule has 3 aromatic rings. The van der Waals surface area contributed by atoms with Crippen LogP contribution in [0.1, 0.15) is 12.0 Å². The van der Waals surface area contributed by atoms with E-state index in [1.807, 2.05) is 0 Å². The van der Waals surface area contributed by atoms with E-state index in [-0.39, 0.29) is 26.2 Å². The van der Waals surface area contributed by atoms with E-state index >= 15 is 0 Å². The van der Waals surface area contributed by atoms with Crippen LogP contribution < -0.4 is 0 Å². The van der Waals surface area contributed by atoms with Crippen LogP contribution in [0.15, 0.2) is 65.9 Å². The van der Waals surface area contributed by atoms with E-state index in [4.69, 9.17) is 0 Å². The molecule has 0 bridgehead atoms. The molecule has 3 aromatic carbocycles. The first-order valence-electron chi connectivity index (χ1n) is 8.03. The van der Waals surface area contributed by atoms with E-state index in [0.717, 1.165) is 6.42 Å². The second-order valence-electron chi connectivity index (χ2n) is 7.28. The van der Waals surface area contributed by atoms with Crippen molar-refractivity contribution in [2.24, 2.45) is 0 Å². The zero-order valence-electron chi connectivity index (χ0n) is 14.0. The summed E-state index contributed by atoms with van der Waals surface area (Å²) < 4.78 is 0. The Hall–Kier alpha value is -1.11. The number of benzene rings is 2. The Labute approximate surface area is 158 Å².